The highest BCUT2D eigenvalue weighted by Crippen LogP contribution is 2.13. The molecule has 0 aromatic carbocycles. The summed E-state index contributed by atoms with van der Waals surface area (Å²) < 4.78 is 22.9. The summed E-state index contributed by atoms with van der Waals surface area (Å²) in [7, 11) is -2.86. The van der Waals surface area contributed by atoms with Crippen LogP contribution < -0.4 is 10.2 Å². The van der Waals surface area contributed by atoms with Gasteiger partial charge in [-0.2, -0.15) is 0 Å². The number of nitrogens with zero attached hydrogens (tertiary/aromatic N) is 3. The number of rotatable bonds is 5. The molecule has 1 aliphatic heterocycles. The molecule has 1 fully saturated rings. The summed E-state index contributed by atoms with van der Waals surface area (Å²) in [6, 6.07) is 0. The predicted octanol–water partition coefficient (Wildman–Crippen LogP) is 0.457. The van der Waals surface area contributed by atoms with Gasteiger partial charge in [-0.25, -0.2) is 13.4 Å². The van der Waals surface area contributed by atoms with Gasteiger partial charge in [-0.05, 0) is 12.5 Å². The van der Waals surface area contributed by atoms with Crippen LogP contribution in [0.1, 0.15) is 19.5 Å². The fourth-order valence-electron chi connectivity index (χ4n) is 2.06. The Morgan fingerprint density at radius 2 is 2.00 bits per heavy atom. The van der Waals surface area contributed by atoms with E-state index in [-0.39, 0.29) is 11.5 Å². The minimum absolute atomic E-state index is 0.199. The van der Waals surface area contributed by atoms with Crippen LogP contribution in [0.25, 0.3) is 0 Å². The maximum Gasteiger partial charge on any atom is 0.153 e. The molecular formula is C13H22N4O2S. The van der Waals surface area contributed by atoms with Crippen LogP contribution in [0.3, 0.4) is 0 Å². The van der Waals surface area contributed by atoms with Gasteiger partial charge in [0.25, 0.3) is 0 Å². The molecule has 1 aliphatic rings. The number of aromatic nitrogens is 2. The highest BCUT2D eigenvalue weighted by molar-refractivity contribution is 7.91. The van der Waals surface area contributed by atoms with Crippen LogP contribution in [0.5, 0.6) is 0 Å². The highest BCUT2D eigenvalue weighted by Gasteiger charge is 2.22. The Morgan fingerprint density at radius 1 is 1.30 bits per heavy atom. The zero-order valence-electron chi connectivity index (χ0n) is 12.0. The van der Waals surface area contributed by atoms with Gasteiger partial charge in [-0.3, -0.25) is 4.98 Å². The van der Waals surface area contributed by atoms with Gasteiger partial charge >= 0.3 is 0 Å². The fourth-order valence-corrected chi connectivity index (χ4v) is 3.26. The first-order chi connectivity index (χ1) is 9.46. The van der Waals surface area contributed by atoms with Crippen LogP contribution in [-0.2, 0) is 16.4 Å². The lowest BCUT2D eigenvalue weighted by molar-refractivity contribution is 0.547. The van der Waals surface area contributed by atoms with Crippen molar-refractivity contribution in [3.05, 3.63) is 18.1 Å². The Balaban J connectivity index is 1.96. The molecule has 2 rings (SSSR count). The van der Waals surface area contributed by atoms with Gasteiger partial charge in [0.15, 0.2) is 9.84 Å². The molecule has 0 amide bonds. The van der Waals surface area contributed by atoms with Crippen LogP contribution in [0.2, 0.25) is 0 Å². The van der Waals surface area contributed by atoms with Crippen molar-refractivity contribution in [1.29, 1.82) is 0 Å². The summed E-state index contributed by atoms with van der Waals surface area (Å²) in [4.78, 5) is 10.7. The topological polar surface area (TPSA) is 75.2 Å². The minimum atomic E-state index is -2.86. The molecule has 1 aromatic heterocycles. The normalized spacial score (nSPS) is 18.4. The van der Waals surface area contributed by atoms with E-state index in [2.05, 4.69) is 29.1 Å². The average molecular weight is 298 g/mol. The zero-order valence-corrected chi connectivity index (χ0v) is 12.9. The first-order valence-corrected chi connectivity index (χ1v) is 8.75. The number of sulfone groups is 1. The summed E-state index contributed by atoms with van der Waals surface area (Å²) in [6.07, 6.45) is 3.45. The molecule has 0 saturated carbocycles. The first kappa shape index (κ1) is 15.2. The quantitative estimate of drug-likeness (QED) is 0.851. The van der Waals surface area contributed by atoms with E-state index in [9.17, 15) is 8.42 Å². The second-order valence-electron chi connectivity index (χ2n) is 5.53. The molecule has 2 heterocycles. The molecule has 20 heavy (non-hydrogen) atoms. The number of hydrogen-bond donors (Lipinski definition) is 1. The Morgan fingerprint density at radius 3 is 2.65 bits per heavy atom. The van der Waals surface area contributed by atoms with Crippen molar-refractivity contribution in [1.82, 2.24) is 15.3 Å². The second kappa shape index (κ2) is 6.49. The Hall–Kier alpha value is -1.21. The van der Waals surface area contributed by atoms with Gasteiger partial charge in [-0.1, -0.05) is 13.8 Å². The Kier molecular flexibility index (Phi) is 4.93. The van der Waals surface area contributed by atoms with Crippen molar-refractivity contribution in [3.8, 4) is 0 Å². The lowest BCUT2D eigenvalue weighted by Crippen LogP contribution is -2.40. The summed E-state index contributed by atoms with van der Waals surface area (Å²) in [6.45, 7) is 6.94. The molecule has 1 saturated heterocycles. The van der Waals surface area contributed by atoms with Crippen LogP contribution >= 0.6 is 0 Å². The van der Waals surface area contributed by atoms with E-state index in [1.165, 1.54) is 0 Å². The zero-order chi connectivity index (χ0) is 14.6. The van der Waals surface area contributed by atoms with E-state index < -0.39 is 9.84 Å². The van der Waals surface area contributed by atoms with Crippen molar-refractivity contribution in [2.24, 2.45) is 5.92 Å². The summed E-state index contributed by atoms with van der Waals surface area (Å²) in [5, 5.41) is 3.33. The Labute approximate surface area is 120 Å². The Bertz CT molecular complexity index is 531. The molecule has 6 nitrogen and oxygen atoms in total. The van der Waals surface area contributed by atoms with Crippen LogP contribution in [0.4, 0.5) is 5.82 Å². The third-order valence-corrected chi connectivity index (χ3v) is 4.81. The van der Waals surface area contributed by atoms with Crippen LogP contribution in [0, 0.1) is 5.92 Å². The molecule has 1 N–H and O–H groups in total. The van der Waals surface area contributed by atoms with Gasteiger partial charge < -0.3 is 10.2 Å². The molecule has 7 heteroatoms. The predicted molar refractivity (Wildman–Crippen MR) is 79.4 cm³/mol. The monoisotopic (exact) mass is 298 g/mol. The van der Waals surface area contributed by atoms with Crippen molar-refractivity contribution in [3.63, 3.8) is 0 Å². The molecule has 0 unspecified atom stereocenters. The molecule has 112 valence electrons. The first-order valence-electron chi connectivity index (χ1n) is 6.93. The standard InChI is InChI=1S/C13H22N4O2S/c1-11(2)7-14-8-12-9-15-10-13(16-12)17-3-5-20(18,19)6-4-17/h9-11,14H,3-8H2,1-2H3. The molecule has 1 aromatic rings. The molecule has 0 atom stereocenters. The van der Waals surface area contributed by atoms with Gasteiger partial charge in [0.05, 0.1) is 23.4 Å². The smallest absolute Gasteiger partial charge is 0.153 e. The van der Waals surface area contributed by atoms with E-state index >= 15 is 0 Å². The number of anilines is 1. The minimum Gasteiger partial charge on any atom is -0.353 e. The van der Waals surface area contributed by atoms with Gasteiger partial charge in [0.1, 0.15) is 5.82 Å². The van der Waals surface area contributed by atoms with Crippen LogP contribution in [-0.4, -0.2) is 49.5 Å². The van der Waals surface area contributed by atoms with Crippen molar-refractivity contribution >= 4 is 15.7 Å². The van der Waals surface area contributed by atoms with Crippen LogP contribution in [0.15, 0.2) is 12.4 Å². The molecule has 0 aliphatic carbocycles. The third-order valence-electron chi connectivity index (χ3n) is 3.20. The lowest BCUT2D eigenvalue weighted by atomic mass is 10.2. The van der Waals surface area contributed by atoms with Crippen molar-refractivity contribution in [2.75, 3.05) is 36.0 Å². The summed E-state index contributed by atoms with van der Waals surface area (Å²) >= 11 is 0. The highest BCUT2D eigenvalue weighted by atomic mass is 32.2. The van der Waals surface area contributed by atoms with E-state index in [1.807, 2.05) is 4.90 Å². The van der Waals surface area contributed by atoms with Crippen molar-refractivity contribution < 1.29 is 8.42 Å². The maximum atomic E-state index is 11.4. The summed E-state index contributed by atoms with van der Waals surface area (Å²) in [5.41, 5.74) is 0.886. The average Bonchev–Trinajstić information content (AvgIpc) is 2.38. The SMILES string of the molecule is CC(C)CNCc1cncc(N2CCS(=O)(=O)CC2)n1. The lowest BCUT2D eigenvalue weighted by Gasteiger charge is -2.27. The van der Waals surface area contributed by atoms with Gasteiger partial charge in [0.2, 0.25) is 0 Å². The number of nitrogens with one attached hydrogen (secondary N) is 1. The molecule has 0 bridgehead atoms. The van der Waals surface area contributed by atoms with E-state index in [0.717, 1.165) is 18.1 Å². The summed E-state index contributed by atoms with van der Waals surface area (Å²) in [5.74, 6) is 1.76. The number of hydrogen-bond acceptors (Lipinski definition) is 6. The van der Waals surface area contributed by atoms with E-state index in [4.69, 9.17) is 0 Å². The second-order valence-corrected chi connectivity index (χ2v) is 7.84. The van der Waals surface area contributed by atoms with Crippen molar-refractivity contribution in [2.45, 2.75) is 20.4 Å². The fraction of sp³-hybridized carbons (Fsp3) is 0.692. The van der Waals surface area contributed by atoms with Gasteiger partial charge in [-0.15, -0.1) is 0 Å². The molecule has 0 spiro atoms. The third kappa shape index (κ3) is 4.42. The molecule has 0 radical (unpaired) electrons. The maximum absolute atomic E-state index is 11.4. The molecular weight excluding hydrogens is 276 g/mol. The largest absolute Gasteiger partial charge is 0.353 e. The van der Waals surface area contributed by atoms with Gasteiger partial charge in [0, 0.05) is 25.8 Å². The van der Waals surface area contributed by atoms with E-state index in [1.54, 1.807) is 12.4 Å². The van der Waals surface area contributed by atoms with E-state index in [0.29, 0.717) is 25.6 Å².